The van der Waals surface area contributed by atoms with E-state index < -0.39 is 0 Å². The van der Waals surface area contributed by atoms with Crippen molar-refractivity contribution in [1.29, 1.82) is 0 Å². The summed E-state index contributed by atoms with van der Waals surface area (Å²) < 4.78 is 0. The quantitative estimate of drug-likeness (QED) is 0.772. The summed E-state index contributed by atoms with van der Waals surface area (Å²) >= 11 is 0. The van der Waals surface area contributed by atoms with E-state index in [0.29, 0.717) is 0 Å². The number of likely N-dealkylation sites (tertiary alicyclic amines) is 1. The third-order valence-corrected chi connectivity index (χ3v) is 4.23. The largest absolute Gasteiger partial charge is 0.314 e. The molecule has 1 N–H and O–H groups in total. The van der Waals surface area contributed by atoms with Crippen LogP contribution in [0.5, 0.6) is 0 Å². The molecule has 3 unspecified atom stereocenters. The standard InChI is InChI=1S/C14H28N2/c1-11(9-15-14-7-8-14)10-16-12(2)5-4-6-13(16)3/h11-15H,4-10H2,1-3H3. The molecule has 0 radical (unpaired) electrons. The number of nitrogens with one attached hydrogen (secondary N) is 1. The molecule has 1 aliphatic heterocycles. The minimum Gasteiger partial charge on any atom is -0.314 e. The van der Waals surface area contributed by atoms with Crippen molar-refractivity contribution >= 4 is 0 Å². The van der Waals surface area contributed by atoms with E-state index in [0.717, 1.165) is 24.0 Å². The van der Waals surface area contributed by atoms with E-state index in [4.69, 9.17) is 0 Å². The monoisotopic (exact) mass is 224 g/mol. The van der Waals surface area contributed by atoms with Gasteiger partial charge in [0.25, 0.3) is 0 Å². The molecule has 0 bridgehead atoms. The van der Waals surface area contributed by atoms with E-state index >= 15 is 0 Å². The van der Waals surface area contributed by atoms with Crippen LogP contribution in [0.4, 0.5) is 0 Å². The van der Waals surface area contributed by atoms with Gasteiger partial charge in [0.05, 0.1) is 0 Å². The molecule has 1 saturated carbocycles. The van der Waals surface area contributed by atoms with Gasteiger partial charge in [-0.25, -0.2) is 0 Å². The lowest BCUT2D eigenvalue weighted by atomic mass is 9.96. The van der Waals surface area contributed by atoms with Crippen molar-refractivity contribution < 1.29 is 0 Å². The zero-order valence-electron chi connectivity index (χ0n) is 11.2. The molecule has 1 aliphatic carbocycles. The molecule has 3 atom stereocenters. The van der Waals surface area contributed by atoms with Crippen molar-refractivity contribution in [3.63, 3.8) is 0 Å². The summed E-state index contributed by atoms with van der Waals surface area (Å²) in [5, 5.41) is 3.65. The van der Waals surface area contributed by atoms with Gasteiger partial charge in [-0.05, 0) is 52.0 Å². The molecule has 2 nitrogen and oxygen atoms in total. The Labute approximate surface area is 101 Å². The maximum absolute atomic E-state index is 3.65. The first kappa shape index (κ1) is 12.4. The van der Waals surface area contributed by atoms with E-state index in [9.17, 15) is 0 Å². The van der Waals surface area contributed by atoms with Gasteiger partial charge in [0.15, 0.2) is 0 Å². The third-order valence-electron chi connectivity index (χ3n) is 4.23. The second kappa shape index (κ2) is 5.50. The fourth-order valence-corrected chi connectivity index (χ4v) is 2.91. The number of rotatable bonds is 5. The smallest absolute Gasteiger partial charge is 0.00698 e. The summed E-state index contributed by atoms with van der Waals surface area (Å²) in [5.41, 5.74) is 0. The highest BCUT2D eigenvalue weighted by Gasteiger charge is 2.26. The molecular formula is C14H28N2. The Morgan fingerprint density at radius 1 is 1.12 bits per heavy atom. The summed E-state index contributed by atoms with van der Waals surface area (Å²) in [6.07, 6.45) is 7.03. The zero-order chi connectivity index (χ0) is 11.5. The van der Waals surface area contributed by atoms with Crippen LogP contribution in [-0.4, -0.2) is 36.1 Å². The van der Waals surface area contributed by atoms with Crippen LogP contribution in [0.3, 0.4) is 0 Å². The van der Waals surface area contributed by atoms with Crippen LogP contribution in [0.1, 0.15) is 52.9 Å². The summed E-state index contributed by atoms with van der Waals surface area (Å²) in [5.74, 6) is 0.795. The highest BCUT2D eigenvalue weighted by Crippen LogP contribution is 2.24. The van der Waals surface area contributed by atoms with Gasteiger partial charge in [-0.3, -0.25) is 4.90 Å². The molecule has 2 aliphatic rings. The lowest BCUT2D eigenvalue weighted by Gasteiger charge is -2.40. The highest BCUT2D eigenvalue weighted by atomic mass is 15.2. The predicted octanol–water partition coefficient (Wildman–Crippen LogP) is 2.64. The first-order valence-corrected chi connectivity index (χ1v) is 7.16. The van der Waals surface area contributed by atoms with E-state index in [-0.39, 0.29) is 0 Å². The molecule has 0 aromatic carbocycles. The highest BCUT2D eigenvalue weighted by molar-refractivity contribution is 4.84. The first-order valence-electron chi connectivity index (χ1n) is 7.16. The lowest BCUT2D eigenvalue weighted by molar-refractivity contribution is 0.0866. The van der Waals surface area contributed by atoms with Crippen molar-refractivity contribution in [1.82, 2.24) is 10.2 Å². The van der Waals surface area contributed by atoms with Crippen molar-refractivity contribution in [3.8, 4) is 0 Å². The summed E-state index contributed by atoms with van der Waals surface area (Å²) in [4.78, 5) is 2.72. The average molecular weight is 224 g/mol. The van der Waals surface area contributed by atoms with E-state index in [1.54, 1.807) is 0 Å². The molecular weight excluding hydrogens is 196 g/mol. The van der Waals surface area contributed by atoms with Crippen LogP contribution in [0, 0.1) is 5.92 Å². The Hall–Kier alpha value is -0.0800. The maximum Gasteiger partial charge on any atom is 0.00698 e. The minimum absolute atomic E-state index is 0.795. The van der Waals surface area contributed by atoms with Gasteiger partial charge >= 0.3 is 0 Å². The van der Waals surface area contributed by atoms with Crippen LogP contribution < -0.4 is 5.32 Å². The molecule has 1 saturated heterocycles. The maximum atomic E-state index is 3.65. The lowest BCUT2D eigenvalue weighted by Crippen LogP contribution is -2.47. The first-order chi connectivity index (χ1) is 7.66. The topological polar surface area (TPSA) is 15.3 Å². The van der Waals surface area contributed by atoms with Crippen molar-refractivity contribution in [2.45, 2.75) is 71.0 Å². The Balaban J connectivity index is 1.72. The van der Waals surface area contributed by atoms with Crippen molar-refractivity contribution in [3.05, 3.63) is 0 Å². The Kier molecular flexibility index (Phi) is 4.26. The van der Waals surface area contributed by atoms with Crippen LogP contribution in [0.15, 0.2) is 0 Å². The molecule has 0 aromatic heterocycles. The van der Waals surface area contributed by atoms with Crippen LogP contribution >= 0.6 is 0 Å². The SMILES string of the molecule is CC(CNC1CC1)CN1C(C)CCCC1C. The molecule has 0 amide bonds. The summed E-state index contributed by atoms with van der Waals surface area (Å²) in [6, 6.07) is 2.46. The van der Waals surface area contributed by atoms with Crippen molar-refractivity contribution in [2.24, 2.45) is 5.92 Å². The van der Waals surface area contributed by atoms with Crippen LogP contribution in [0.2, 0.25) is 0 Å². The minimum atomic E-state index is 0.795. The fourth-order valence-electron chi connectivity index (χ4n) is 2.91. The van der Waals surface area contributed by atoms with E-state index in [1.165, 1.54) is 45.2 Å². The van der Waals surface area contributed by atoms with E-state index in [2.05, 4.69) is 31.0 Å². The van der Waals surface area contributed by atoms with E-state index in [1.807, 2.05) is 0 Å². The third kappa shape index (κ3) is 3.46. The number of nitrogens with zero attached hydrogens (tertiary/aromatic N) is 1. The zero-order valence-corrected chi connectivity index (χ0v) is 11.2. The summed E-state index contributed by atoms with van der Waals surface area (Å²) in [6.45, 7) is 9.68. The molecule has 0 aromatic rings. The van der Waals surface area contributed by atoms with Gasteiger partial charge in [0, 0.05) is 24.7 Å². The Morgan fingerprint density at radius 3 is 2.31 bits per heavy atom. The molecule has 2 fully saturated rings. The molecule has 16 heavy (non-hydrogen) atoms. The van der Waals surface area contributed by atoms with Gasteiger partial charge in [-0.15, -0.1) is 0 Å². The normalized spacial score (nSPS) is 33.9. The van der Waals surface area contributed by atoms with Gasteiger partial charge < -0.3 is 5.32 Å². The number of hydrogen-bond donors (Lipinski definition) is 1. The predicted molar refractivity (Wildman–Crippen MR) is 69.7 cm³/mol. The second-order valence-electron chi connectivity index (χ2n) is 6.11. The van der Waals surface area contributed by atoms with Gasteiger partial charge in [-0.1, -0.05) is 13.3 Å². The Morgan fingerprint density at radius 2 is 1.75 bits per heavy atom. The van der Waals surface area contributed by atoms with Gasteiger partial charge in [0.2, 0.25) is 0 Å². The van der Waals surface area contributed by atoms with Crippen LogP contribution in [-0.2, 0) is 0 Å². The molecule has 1 heterocycles. The number of hydrogen-bond acceptors (Lipinski definition) is 2. The average Bonchev–Trinajstić information content (AvgIpc) is 3.04. The molecule has 2 heteroatoms. The fraction of sp³-hybridized carbons (Fsp3) is 1.00. The second-order valence-corrected chi connectivity index (χ2v) is 6.11. The van der Waals surface area contributed by atoms with Crippen molar-refractivity contribution in [2.75, 3.05) is 13.1 Å². The molecule has 2 rings (SSSR count). The van der Waals surface area contributed by atoms with Crippen LogP contribution in [0.25, 0.3) is 0 Å². The summed E-state index contributed by atoms with van der Waals surface area (Å²) in [7, 11) is 0. The molecule has 0 spiro atoms. The van der Waals surface area contributed by atoms with Gasteiger partial charge in [0.1, 0.15) is 0 Å². The van der Waals surface area contributed by atoms with Gasteiger partial charge in [-0.2, -0.15) is 0 Å². The molecule has 94 valence electrons. The Bertz CT molecular complexity index is 203. The number of piperidine rings is 1.